The van der Waals surface area contributed by atoms with Gasteiger partial charge in [0.05, 0.1) is 17.1 Å². The summed E-state index contributed by atoms with van der Waals surface area (Å²) in [5.74, 6) is 0.506. The molecule has 6 nitrogen and oxygen atoms in total. The van der Waals surface area contributed by atoms with Gasteiger partial charge in [0.25, 0.3) is 5.91 Å². The molecule has 1 amide bonds. The lowest BCUT2D eigenvalue weighted by Crippen LogP contribution is -2.48. The van der Waals surface area contributed by atoms with E-state index in [9.17, 15) is 4.79 Å². The number of aryl methyl sites for hydroxylation is 2. The summed E-state index contributed by atoms with van der Waals surface area (Å²) in [7, 11) is 1.83. The van der Waals surface area contributed by atoms with Gasteiger partial charge in [-0.25, -0.2) is 4.98 Å². The number of amides is 1. The Morgan fingerprint density at radius 2 is 2.37 bits per heavy atom. The number of nitrogens with one attached hydrogen (secondary N) is 2. The van der Waals surface area contributed by atoms with Crippen LogP contribution in [0, 0.1) is 12.8 Å². The number of hydrogen-bond acceptors (Lipinski definition) is 4. The van der Waals surface area contributed by atoms with Gasteiger partial charge in [0.1, 0.15) is 0 Å². The van der Waals surface area contributed by atoms with Crippen LogP contribution in [0.25, 0.3) is 11.0 Å². The summed E-state index contributed by atoms with van der Waals surface area (Å²) in [6.45, 7) is 4.57. The van der Waals surface area contributed by atoms with Crippen LogP contribution in [-0.2, 0) is 7.05 Å². The van der Waals surface area contributed by atoms with Crippen LogP contribution in [0.5, 0.6) is 0 Å². The number of fused-ring (bicyclic) bond motifs is 1. The minimum atomic E-state index is -0.0459. The molecule has 1 fully saturated rings. The van der Waals surface area contributed by atoms with Crippen LogP contribution >= 0.6 is 0 Å². The summed E-state index contributed by atoms with van der Waals surface area (Å²) in [6, 6.07) is 1.82. The highest BCUT2D eigenvalue weighted by atomic mass is 16.1. The number of aromatic nitrogens is 3. The summed E-state index contributed by atoms with van der Waals surface area (Å²) in [5.41, 5.74) is 2.23. The molecule has 0 spiro atoms. The molecule has 1 aliphatic heterocycles. The molecule has 1 aliphatic rings. The first-order valence-electron chi connectivity index (χ1n) is 6.43. The third kappa shape index (κ3) is 2.19. The fraction of sp³-hybridized carbons (Fsp3) is 0.462. The maximum Gasteiger partial charge on any atom is 0.252 e. The molecule has 0 unspecified atom stereocenters. The van der Waals surface area contributed by atoms with Crippen molar-refractivity contribution in [3.63, 3.8) is 0 Å². The van der Waals surface area contributed by atoms with Crippen molar-refractivity contribution in [1.82, 2.24) is 25.4 Å². The molecule has 0 atom stereocenters. The standard InChI is InChI=1S/C13H17N5O/c1-8-3-10(11-7-16-18(2)12(11)17-8)13(19)15-6-9-4-14-5-9/h3,7,9,14H,4-6H2,1-2H3,(H,15,19). The van der Waals surface area contributed by atoms with Gasteiger partial charge in [0.2, 0.25) is 0 Å². The molecule has 0 radical (unpaired) electrons. The van der Waals surface area contributed by atoms with E-state index in [0.717, 1.165) is 36.4 Å². The molecule has 2 aromatic heterocycles. The minimum absolute atomic E-state index is 0.0459. The molecule has 1 saturated heterocycles. The number of rotatable bonds is 3. The third-order valence-electron chi connectivity index (χ3n) is 3.50. The topological polar surface area (TPSA) is 71.8 Å². The fourth-order valence-corrected chi connectivity index (χ4v) is 2.25. The van der Waals surface area contributed by atoms with Crippen molar-refractivity contribution in [3.05, 3.63) is 23.5 Å². The average molecular weight is 259 g/mol. The summed E-state index contributed by atoms with van der Waals surface area (Å²) in [5, 5.41) is 11.1. The lowest BCUT2D eigenvalue weighted by Gasteiger charge is -2.27. The van der Waals surface area contributed by atoms with Gasteiger partial charge in [-0.1, -0.05) is 0 Å². The van der Waals surface area contributed by atoms with Crippen LogP contribution in [0.2, 0.25) is 0 Å². The molecule has 19 heavy (non-hydrogen) atoms. The Morgan fingerprint density at radius 1 is 1.58 bits per heavy atom. The molecule has 0 bridgehead atoms. The van der Waals surface area contributed by atoms with Crippen molar-refractivity contribution < 1.29 is 4.79 Å². The Bertz CT molecular complexity index is 629. The normalized spacial score (nSPS) is 15.5. The quantitative estimate of drug-likeness (QED) is 0.827. The number of nitrogens with zero attached hydrogens (tertiary/aromatic N) is 3. The zero-order valence-electron chi connectivity index (χ0n) is 11.1. The van der Waals surface area contributed by atoms with E-state index >= 15 is 0 Å². The van der Waals surface area contributed by atoms with Gasteiger partial charge in [0, 0.05) is 38.3 Å². The van der Waals surface area contributed by atoms with Gasteiger partial charge in [-0.05, 0) is 13.0 Å². The number of pyridine rings is 1. The first-order chi connectivity index (χ1) is 9.15. The molecular formula is C13H17N5O. The average Bonchev–Trinajstić information content (AvgIpc) is 2.68. The molecular weight excluding hydrogens is 242 g/mol. The van der Waals surface area contributed by atoms with E-state index in [1.165, 1.54) is 0 Å². The first kappa shape index (κ1) is 12.1. The van der Waals surface area contributed by atoms with E-state index in [1.54, 1.807) is 10.9 Å². The van der Waals surface area contributed by atoms with Gasteiger partial charge in [-0.3, -0.25) is 9.48 Å². The van der Waals surface area contributed by atoms with Gasteiger partial charge in [0.15, 0.2) is 5.65 Å². The van der Waals surface area contributed by atoms with Crippen LogP contribution in [0.3, 0.4) is 0 Å². The van der Waals surface area contributed by atoms with Crippen molar-refractivity contribution in [2.24, 2.45) is 13.0 Å². The smallest absolute Gasteiger partial charge is 0.252 e. The Labute approximate surface area is 111 Å². The zero-order chi connectivity index (χ0) is 13.4. The van der Waals surface area contributed by atoms with Crippen LogP contribution in [0.4, 0.5) is 0 Å². The molecule has 0 aliphatic carbocycles. The molecule has 0 saturated carbocycles. The van der Waals surface area contributed by atoms with E-state index in [-0.39, 0.29) is 5.91 Å². The van der Waals surface area contributed by atoms with Crippen LogP contribution < -0.4 is 10.6 Å². The lowest BCUT2D eigenvalue weighted by molar-refractivity contribution is 0.0943. The zero-order valence-corrected chi connectivity index (χ0v) is 11.1. The Morgan fingerprint density at radius 3 is 3.05 bits per heavy atom. The van der Waals surface area contributed by atoms with Crippen molar-refractivity contribution in [3.8, 4) is 0 Å². The third-order valence-corrected chi connectivity index (χ3v) is 3.50. The predicted octanol–water partition coefficient (Wildman–Crippen LogP) is 0.226. The summed E-state index contributed by atoms with van der Waals surface area (Å²) in [4.78, 5) is 16.7. The summed E-state index contributed by atoms with van der Waals surface area (Å²) >= 11 is 0. The largest absolute Gasteiger partial charge is 0.352 e. The highest BCUT2D eigenvalue weighted by Crippen LogP contribution is 2.17. The Hall–Kier alpha value is -1.95. The Balaban J connectivity index is 1.87. The number of carbonyl (C=O) groups is 1. The second-order valence-electron chi connectivity index (χ2n) is 5.05. The van der Waals surface area contributed by atoms with E-state index in [4.69, 9.17) is 0 Å². The summed E-state index contributed by atoms with van der Waals surface area (Å²) < 4.78 is 1.69. The van der Waals surface area contributed by atoms with Gasteiger partial charge in [-0.15, -0.1) is 0 Å². The molecule has 6 heteroatoms. The van der Waals surface area contributed by atoms with E-state index in [2.05, 4.69) is 20.7 Å². The first-order valence-corrected chi connectivity index (χ1v) is 6.43. The van der Waals surface area contributed by atoms with Crippen LogP contribution in [-0.4, -0.2) is 40.3 Å². The molecule has 100 valence electrons. The van der Waals surface area contributed by atoms with Crippen LogP contribution in [0.15, 0.2) is 12.3 Å². The van der Waals surface area contributed by atoms with Crippen molar-refractivity contribution >= 4 is 16.9 Å². The predicted molar refractivity (Wildman–Crippen MR) is 71.9 cm³/mol. The van der Waals surface area contributed by atoms with Gasteiger partial charge in [-0.2, -0.15) is 5.10 Å². The molecule has 3 rings (SSSR count). The van der Waals surface area contributed by atoms with Crippen molar-refractivity contribution in [1.29, 1.82) is 0 Å². The molecule has 2 N–H and O–H groups in total. The SMILES string of the molecule is Cc1cc(C(=O)NCC2CNC2)c2cnn(C)c2n1. The molecule has 3 heterocycles. The maximum absolute atomic E-state index is 12.3. The molecule has 2 aromatic rings. The minimum Gasteiger partial charge on any atom is -0.352 e. The van der Waals surface area contributed by atoms with Crippen molar-refractivity contribution in [2.75, 3.05) is 19.6 Å². The number of hydrogen-bond donors (Lipinski definition) is 2. The van der Waals surface area contributed by atoms with Crippen LogP contribution in [0.1, 0.15) is 16.1 Å². The lowest BCUT2D eigenvalue weighted by atomic mass is 10.0. The Kier molecular flexibility index (Phi) is 2.94. The summed E-state index contributed by atoms with van der Waals surface area (Å²) in [6.07, 6.45) is 1.70. The van der Waals surface area contributed by atoms with E-state index in [1.807, 2.05) is 20.0 Å². The van der Waals surface area contributed by atoms with Gasteiger partial charge >= 0.3 is 0 Å². The van der Waals surface area contributed by atoms with E-state index < -0.39 is 0 Å². The second-order valence-corrected chi connectivity index (χ2v) is 5.05. The number of carbonyl (C=O) groups excluding carboxylic acids is 1. The maximum atomic E-state index is 12.3. The second kappa shape index (κ2) is 4.62. The molecule has 0 aromatic carbocycles. The monoisotopic (exact) mass is 259 g/mol. The highest BCUT2D eigenvalue weighted by Gasteiger charge is 2.19. The van der Waals surface area contributed by atoms with Crippen molar-refractivity contribution in [2.45, 2.75) is 6.92 Å². The van der Waals surface area contributed by atoms with E-state index in [0.29, 0.717) is 11.5 Å². The highest BCUT2D eigenvalue weighted by molar-refractivity contribution is 6.05. The fourth-order valence-electron chi connectivity index (χ4n) is 2.25. The van der Waals surface area contributed by atoms with Gasteiger partial charge < -0.3 is 10.6 Å².